The minimum atomic E-state index is -3.61. The van der Waals surface area contributed by atoms with E-state index in [0.717, 1.165) is 0 Å². The van der Waals surface area contributed by atoms with E-state index in [4.69, 9.17) is 10.5 Å². The Kier molecular flexibility index (Phi) is 4.46. The molecule has 0 heterocycles. The number of rotatable bonds is 6. The lowest BCUT2D eigenvalue weighted by Gasteiger charge is -2.12. The van der Waals surface area contributed by atoms with Crippen LogP contribution in [-0.4, -0.2) is 32.4 Å². The number of halogens is 1. The van der Waals surface area contributed by atoms with Crippen LogP contribution >= 0.6 is 0 Å². The summed E-state index contributed by atoms with van der Waals surface area (Å²) in [5.41, 5.74) is 6.12. The van der Waals surface area contributed by atoms with Crippen LogP contribution in [0.1, 0.15) is 18.4 Å². The highest BCUT2D eigenvalue weighted by Gasteiger charge is 2.69. The van der Waals surface area contributed by atoms with E-state index in [0.29, 0.717) is 12.2 Å². The van der Waals surface area contributed by atoms with Gasteiger partial charge in [-0.3, -0.25) is 0 Å². The van der Waals surface area contributed by atoms with Gasteiger partial charge in [0.05, 0.1) is 22.3 Å². The summed E-state index contributed by atoms with van der Waals surface area (Å²) in [4.78, 5) is 0.242. The Morgan fingerprint density at radius 2 is 1.75 bits per heavy atom. The van der Waals surface area contributed by atoms with Crippen LogP contribution in [0.2, 0.25) is 0 Å². The van der Waals surface area contributed by atoms with Crippen molar-refractivity contribution in [3.05, 3.63) is 66.0 Å². The van der Waals surface area contributed by atoms with Gasteiger partial charge in [0.2, 0.25) is 0 Å². The monoisotopic (exact) mass is 349 g/mol. The molecule has 0 spiro atoms. The molecule has 3 atom stereocenters. The highest BCUT2D eigenvalue weighted by atomic mass is 32.2. The molecule has 0 bridgehead atoms. The molecule has 6 heteroatoms. The molecule has 3 rings (SSSR count). The van der Waals surface area contributed by atoms with Crippen molar-refractivity contribution in [2.45, 2.75) is 28.5 Å². The molecule has 1 fully saturated rings. The van der Waals surface area contributed by atoms with Crippen molar-refractivity contribution in [2.75, 3.05) is 13.2 Å². The number of hydrogen-bond acceptors (Lipinski definition) is 4. The van der Waals surface area contributed by atoms with Crippen molar-refractivity contribution in [3.63, 3.8) is 0 Å². The third-order valence-corrected chi connectivity index (χ3v) is 6.80. The average molecular weight is 349 g/mol. The van der Waals surface area contributed by atoms with Crippen molar-refractivity contribution in [3.8, 4) is 0 Å². The second kappa shape index (κ2) is 6.27. The average Bonchev–Trinajstić information content (AvgIpc) is 3.21. The van der Waals surface area contributed by atoms with Gasteiger partial charge in [0.1, 0.15) is 5.82 Å². The molecule has 0 saturated heterocycles. The van der Waals surface area contributed by atoms with Gasteiger partial charge in [-0.2, -0.15) is 0 Å². The number of sulfone groups is 1. The molecule has 0 unspecified atom stereocenters. The van der Waals surface area contributed by atoms with Crippen LogP contribution in [0.15, 0.2) is 59.5 Å². The molecule has 1 aliphatic rings. The van der Waals surface area contributed by atoms with Gasteiger partial charge >= 0.3 is 0 Å². The van der Waals surface area contributed by atoms with Gasteiger partial charge in [-0.1, -0.05) is 30.3 Å². The van der Waals surface area contributed by atoms with Gasteiger partial charge in [-0.05, 0) is 36.8 Å². The summed E-state index contributed by atoms with van der Waals surface area (Å²) in [6, 6.07) is 14.1. The highest BCUT2D eigenvalue weighted by molar-refractivity contribution is 7.92. The predicted octanol–water partition coefficient (Wildman–Crippen LogP) is 2.50. The summed E-state index contributed by atoms with van der Waals surface area (Å²) >= 11 is 0. The summed E-state index contributed by atoms with van der Waals surface area (Å²) in [6.07, 6.45) is 0. The van der Waals surface area contributed by atoms with E-state index in [1.165, 1.54) is 12.1 Å². The van der Waals surface area contributed by atoms with Crippen LogP contribution in [0, 0.1) is 5.82 Å². The Hall–Kier alpha value is -1.76. The summed E-state index contributed by atoms with van der Waals surface area (Å²) in [5, 5.41) is -0.788. The Morgan fingerprint density at radius 1 is 1.12 bits per heavy atom. The molecule has 0 amide bonds. The molecule has 0 aromatic heterocycles. The van der Waals surface area contributed by atoms with Gasteiger partial charge in [-0.25, -0.2) is 12.8 Å². The van der Waals surface area contributed by atoms with Crippen LogP contribution in [0.4, 0.5) is 4.39 Å². The lowest BCUT2D eigenvalue weighted by Crippen LogP contribution is -2.36. The van der Waals surface area contributed by atoms with Crippen LogP contribution in [0.5, 0.6) is 0 Å². The van der Waals surface area contributed by atoms with E-state index in [1.54, 1.807) is 42.5 Å². The van der Waals surface area contributed by atoms with Gasteiger partial charge in [0.25, 0.3) is 0 Å². The number of benzene rings is 2. The lowest BCUT2D eigenvalue weighted by molar-refractivity contribution is 0.125. The fraction of sp³-hybridized carbons (Fsp3) is 0.333. The Labute approximate surface area is 141 Å². The lowest BCUT2D eigenvalue weighted by atomic mass is 10.1. The third-order valence-electron chi connectivity index (χ3n) is 4.49. The Morgan fingerprint density at radius 3 is 2.33 bits per heavy atom. The van der Waals surface area contributed by atoms with Gasteiger partial charge < -0.3 is 10.5 Å². The molecule has 24 heavy (non-hydrogen) atoms. The summed E-state index contributed by atoms with van der Waals surface area (Å²) in [5.74, 6) is -0.788. The molecule has 0 aliphatic heterocycles. The molecule has 4 nitrogen and oxygen atoms in total. The van der Waals surface area contributed by atoms with E-state index in [1.807, 2.05) is 6.92 Å². The van der Waals surface area contributed by atoms with Crippen molar-refractivity contribution in [1.29, 1.82) is 0 Å². The largest absolute Gasteiger partial charge is 0.380 e. The Bertz CT molecular complexity index is 808. The fourth-order valence-electron chi connectivity index (χ4n) is 3.25. The minimum Gasteiger partial charge on any atom is -0.380 e. The molecule has 0 radical (unpaired) electrons. The van der Waals surface area contributed by atoms with E-state index < -0.39 is 26.5 Å². The van der Waals surface area contributed by atoms with Gasteiger partial charge in [-0.15, -0.1) is 0 Å². The van der Waals surface area contributed by atoms with Crippen molar-refractivity contribution in [2.24, 2.45) is 5.73 Å². The van der Waals surface area contributed by atoms with Crippen LogP contribution in [0.3, 0.4) is 0 Å². The first-order valence-corrected chi connectivity index (χ1v) is 9.37. The second-order valence-corrected chi connectivity index (χ2v) is 8.13. The van der Waals surface area contributed by atoms with Gasteiger partial charge in [0, 0.05) is 12.5 Å². The van der Waals surface area contributed by atoms with Crippen molar-refractivity contribution < 1.29 is 17.5 Å². The van der Waals surface area contributed by atoms with E-state index in [9.17, 15) is 12.8 Å². The SMILES string of the molecule is CCOC[C@@]1(N)[C@H](S(=O)(=O)c2ccccc2)[C@@H]1c1ccc(F)cc1. The number of nitrogens with two attached hydrogens (primary N) is 1. The first-order chi connectivity index (χ1) is 11.4. The van der Waals surface area contributed by atoms with Gasteiger partial charge in [0.15, 0.2) is 9.84 Å². The molecule has 1 aliphatic carbocycles. The molecular weight excluding hydrogens is 329 g/mol. The van der Waals surface area contributed by atoms with E-state index in [2.05, 4.69) is 0 Å². The molecule has 2 aromatic rings. The molecule has 1 saturated carbocycles. The first kappa shape index (κ1) is 17.1. The van der Waals surface area contributed by atoms with Crippen molar-refractivity contribution in [1.82, 2.24) is 0 Å². The quantitative estimate of drug-likeness (QED) is 0.870. The number of hydrogen-bond donors (Lipinski definition) is 1. The minimum absolute atomic E-state index is 0.141. The normalized spacial score (nSPS) is 26.3. The zero-order chi connectivity index (χ0) is 17.4. The Balaban J connectivity index is 1.99. The maximum absolute atomic E-state index is 13.2. The van der Waals surface area contributed by atoms with Crippen LogP contribution < -0.4 is 5.73 Å². The number of ether oxygens (including phenoxy) is 1. The summed E-state index contributed by atoms with van der Waals surface area (Å²) in [7, 11) is -3.61. The van der Waals surface area contributed by atoms with Crippen LogP contribution in [-0.2, 0) is 14.6 Å². The van der Waals surface area contributed by atoms with E-state index >= 15 is 0 Å². The smallest absolute Gasteiger partial charge is 0.183 e. The zero-order valence-corrected chi connectivity index (χ0v) is 14.2. The maximum atomic E-state index is 13.2. The first-order valence-electron chi connectivity index (χ1n) is 7.82. The van der Waals surface area contributed by atoms with Crippen LogP contribution in [0.25, 0.3) is 0 Å². The molecule has 128 valence electrons. The third kappa shape index (κ3) is 2.85. The zero-order valence-electron chi connectivity index (χ0n) is 13.4. The predicted molar refractivity (Wildman–Crippen MR) is 90.0 cm³/mol. The highest BCUT2D eigenvalue weighted by Crippen LogP contribution is 2.55. The molecular formula is C18H20FNO3S. The molecule has 2 N–H and O–H groups in total. The summed E-state index contributed by atoms with van der Waals surface area (Å²) in [6.45, 7) is 2.43. The topological polar surface area (TPSA) is 69.4 Å². The van der Waals surface area contributed by atoms with Crippen molar-refractivity contribution >= 4 is 9.84 Å². The standard InChI is InChI=1S/C18H20FNO3S/c1-2-23-12-18(20)16(13-8-10-14(19)11-9-13)17(18)24(21,22)15-6-4-3-5-7-15/h3-11,16-17H,2,12,20H2,1H3/t16-,17+,18-/m0/s1. The summed E-state index contributed by atoms with van der Waals surface area (Å²) < 4.78 is 44.6. The second-order valence-electron chi connectivity index (χ2n) is 6.06. The van der Waals surface area contributed by atoms with E-state index in [-0.39, 0.29) is 17.3 Å². The maximum Gasteiger partial charge on any atom is 0.183 e. The fourth-order valence-corrected chi connectivity index (χ4v) is 5.57. The molecule has 2 aromatic carbocycles.